The van der Waals surface area contributed by atoms with Gasteiger partial charge in [-0.3, -0.25) is 4.79 Å². The molecule has 0 spiro atoms. The van der Waals surface area contributed by atoms with Gasteiger partial charge in [0.2, 0.25) is 5.79 Å². The van der Waals surface area contributed by atoms with E-state index in [1.807, 2.05) is 0 Å². The van der Waals surface area contributed by atoms with Crippen LogP contribution in [0.2, 0.25) is 0 Å². The lowest BCUT2D eigenvalue weighted by molar-refractivity contribution is -0.194. The Morgan fingerprint density at radius 2 is 2.11 bits per heavy atom. The van der Waals surface area contributed by atoms with Crippen LogP contribution in [0.4, 0.5) is 0 Å². The summed E-state index contributed by atoms with van der Waals surface area (Å²) in [5, 5.41) is 8.88. The Morgan fingerprint density at radius 1 is 1.67 bits per heavy atom. The predicted molar refractivity (Wildman–Crippen MR) is 32.7 cm³/mol. The van der Waals surface area contributed by atoms with Gasteiger partial charge in [-0.15, -0.1) is 0 Å². The zero-order valence-corrected chi connectivity index (χ0v) is 5.97. The van der Waals surface area contributed by atoms with Gasteiger partial charge in [-0.05, 0) is 0 Å². The molecular formula is C6H12O3. The maximum absolute atomic E-state index is 10.4. The number of rotatable bonds is 2. The van der Waals surface area contributed by atoms with E-state index in [-0.39, 0.29) is 5.97 Å². The van der Waals surface area contributed by atoms with Gasteiger partial charge in [0, 0.05) is 20.3 Å². The SMILES string of the molecule is CCC(=O)OC(C)(C)O. The molecule has 0 atom stereocenters. The summed E-state index contributed by atoms with van der Waals surface area (Å²) in [6.07, 6.45) is 0.296. The van der Waals surface area contributed by atoms with Gasteiger partial charge in [0.25, 0.3) is 0 Å². The molecule has 0 radical (unpaired) electrons. The predicted octanol–water partition coefficient (Wildman–Crippen LogP) is 0.668. The molecule has 0 rings (SSSR count). The summed E-state index contributed by atoms with van der Waals surface area (Å²) in [6.45, 7) is 4.51. The highest BCUT2D eigenvalue weighted by molar-refractivity contribution is 5.69. The quantitative estimate of drug-likeness (QED) is 0.443. The van der Waals surface area contributed by atoms with E-state index < -0.39 is 5.79 Å². The Labute approximate surface area is 54.6 Å². The third-order valence-electron chi connectivity index (χ3n) is 0.652. The van der Waals surface area contributed by atoms with Crippen LogP contribution in [0.25, 0.3) is 0 Å². The second-order valence-electron chi connectivity index (χ2n) is 2.27. The molecule has 3 heteroatoms. The van der Waals surface area contributed by atoms with E-state index in [1.165, 1.54) is 13.8 Å². The number of esters is 1. The first kappa shape index (κ1) is 8.43. The third kappa shape index (κ3) is 5.30. The van der Waals surface area contributed by atoms with E-state index in [1.54, 1.807) is 6.92 Å². The third-order valence-corrected chi connectivity index (χ3v) is 0.652. The van der Waals surface area contributed by atoms with Crippen molar-refractivity contribution in [3.63, 3.8) is 0 Å². The van der Waals surface area contributed by atoms with Gasteiger partial charge in [-0.25, -0.2) is 0 Å². The van der Waals surface area contributed by atoms with Crippen molar-refractivity contribution in [3.05, 3.63) is 0 Å². The molecule has 0 saturated heterocycles. The fourth-order valence-corrected chi connectivity index (χ4v) is 0.351. The van der Waals surface area contributed by atoms with Crippen LogP contribution >= 0.6 is 0 Å². The molecule has 1 N–H and O–H groups in total. The van der Waals surface area contributed by atoms with Crippen LogP contribution < -0.4 is 0 Å². The molecule has 0 aliphatic carbocycles. The summed E-state index contributed by atoms with van der Waals surface area (Å²) in [6, 6.07) is 0. The molecule has 54 valence electrons. The second-order valence-corrected chi connectivity index (χ2v) is 2.27. The Kier molecular flexibility index (Phi) is 2.65. The molecule has 0 saturated carbocycles. The smallest absolute Gasteiger partial charge is 0.307 e. The number of hydrogen-bond donors (Lipinski definition) is 1. The molecule has 0 aromatic rings. The van der Waals surface area contributed by atoms with Crippen molar-refractivity contribution in [1.29, 1.82) is 0 Å². The van der Waals surface area contributed by atoms with Crippen molar-refractivity contribution in [1.82, 2.24) is 0 Å². The Bertz CT molecular complexity index is 101. The molecule has 0 heterocycles. The molecule has 0 fully saturated rings. The van der Waals surface area contributed by atoms with Crippen LogP contribution in [0.15, 0.2) is 0 Å². The summed E-state index contributed by atoms with van der Waals surface area (Å²) in [4.78, 5) is 10.4. The van der Waals surface area contributed by atoms with Crippen LogP contribution in [0.3, 0.4) is 0 Å². The maximum atomic E-state index is 10.4. The molecule has 0 amide bonds. The topological polar surface area (TPSA) is 46.5 Å². The lowest BCUT2D eigenvalue weighted by atomic mass is 10.4. The van der Waals surface area contributed by atoms with Gasteiger partial charge in [0.05, 0.1) is 0 Å². The van der Waals surface area contributed by atoms with E-state index in [4.69, 9.17) is 5.11 Å². The number of aliphatic hydroxyl groups is 1. The van der Waals surface area contributed by atoms with E-state index in [0.29, 0.717) is 6.42 Å². The molecule has 0 aliphatic rings. The highest BCUT2D eigenvalue weighted by Gasteiger charge is 2.16. The van der Waals surface area contributed by atoms with Crippen LogP contribution in [-0.2, 0) is 9.53 Å². The van der Waals surface area contributed by atoms with Crippen LogP contribution in [0.5, 0.6) is 0 Å². The summed E-state index contributed by atoms with van der Waals surface area (Å²) in [5.74, 6) is -1.71. The molecule has 0 unspecified atom stereocenters. The van der Waals surface area contributed by atoms with Gasteiger partial charge in [0.15, 0.2) is 0 Å². The number of carbonyl (C=O) groups excluding carboxylic acids is 1. The molecule has 0 bridgehead atoms. The van der Waals surface area contributed by atoms with Crippen LogP contribution in [0, 0.1) is 0 Å². The largest absolute Gasteiger partial charge is 0.434 e. The first-order valence-electron chi connectivity index (χ1n) is 2.90. The highest BCUT2D eigenvalue weighted by atomic mass is 16.7. The lowest BCUT2D eigenvalue weighted by Crippen LogP contribution is -2.26. The van der Waals surface area contributed by atoms with Crippen molar-refractivity contribution in [2.24, 2.45) is 0 Å². The molecule has 9 heavy (non-hydrogen) atoms. The molecule has 0 aromatic heterocycles. The minimum absolute atomic E-state index is 0.296. The Morgan fingerprint density at radius 3 is 2.22 bits per heavy atom. The minimum Gasteiger partial charge on any atom is -0.434 e. The monoisotopic (exact) mass is 132 g/mol. The number of carbonyl (C=O) groups is 1. The zero-order chi connectivity index (χ0) is 7.49. The zero-order valence-electron chi connectivity index (χ0n) is 5.97. The second kappa shape index (κ2) is 2.82. The first-order chi connectivity index (χ1) is 3.95. The normalized spacial score (nSPS) is 11.1. The fourth-order valence-electron chi connectivity index (χ4n) is 0.351. The van der Waals surface area contributed by atoms with E-state index in [0.717, 1.165) is 0 Å². The number of hydrogen-bond acceptors (Lipinski definition) is 3. The molecular weight excluding hydrogens is 120 g/mol. The summed E-state index contributed by atoms with van der Waals surface area (Å²) >= 11 is 0. The standard InChI is InChI=1S/C6H12O3/c1-4-5(7)9-6(2,3)8/h8H,4H2,1-3H3. The molecule has 0 aromatic carbocycles. The van der Waals surface area contributed by atoms with Crippen molar-refractivity contribution in [2.45, 2.75) is 33.0 Å². The summed E-state index contributed by atoms with van der Waals surface area (Å²) in [7, 11) is 0. The molecule has 0 aliphatic heterocycles. The van der Waals surface area contributed by atoms with Gasteiger partial charge in [-0.2, -0.15) is 0 Å². The van der Waals surface area contributed by atoms with Gasteiger partial charge in [-0.1, -0.05) is 6.92 Å². The van der Waals surface area contributed by atoms with Crippen LogP contribution in [-0.4, -0.2) is 16.9 Å². The first-order valence-corrected chi connectivity index (χ1v) is 2.90. The summed E-state index contributed by atoms with van der Waals surface area (Å²) in [5.41, 5.74) is 0. The van der Waals surface area contributed by atoms with Crippen molar-refractivity contribution < 1.29 is 14.6 Å². The minimum atomic E-state index is -1.33. The Balaban J connectivity index is 3.60. The fraction of sp³-hybridized carbons (Fsp3) is 0.833. The van der Waals surface area contributed by atoms with E-state index >= 15 is 0 Å². The van der Waals surface area contributed by atoms with Gasteiger partial charge in [0.1, 0.15) is 0 Å². The highest BCUT2D eigenvalue weighted by Crippen LogP contribution is 2.03. The number of ether oxygens (including phenoxy) is 1. The van der Waals surface area contributed by atoms with Crippen molar-refractivity contribution in [3.8, 4) is 0 Å². The Hall–Kier alpha value is -0.570. The summed E-state index contributed by atoms with van der Waals surface area (Å²) < 4.78 is 4.50. The maximum Gasteiger partial charge on any atom is 0.307 e. The van der Waals surface area contributed by atoms with Crippen LogP contribution in [0.1, 0.15) is 27.2 Å². The van der Waals surface area contributed by atoms with E-state index in [2.05, 4.69) is 4.74 Å². The average Bonchev–Trinajstić information content (AvgIpc) is 1.62. The average molecular weight is 132 g/mol. The lowest BCUT2D eigenvalue weighted by Gasteiger charge is -2.16. The van der Waals surface area contributed by atoms with Crippen molar-refractivity contribution >= 4 is 5.97 Å². The van der Waals surface area contributed by atoms with E-state index in [9.17, 15) is 4.79 Å². The molecule has 3 nitrogen and oxygen atoms in total. The van der Waals surface area contributed by atoms with Crippen molar-refractivity contribution in [2.75, 3.05) is 0 Å². The van der Waals surface area contributed by atoms with Gasteiger partial charge >= 0.3 is 5.97 Å². The van der Waals surface area contributed by atoms with Gasteiger partial charge < -0.3 is 9.84 Å².